The number of aliphatic hydroxyl groups excluding tert-OH is 1. The van der Waals surface area contributed by atoms with Crippen LogP contribution < -0.4 is 0 Å². The second-order valence-electron chi connectivity index (χ2n) is 6.71. The van der Waals surface area contributed by atoms with Crippen molar-refractivity contribution in [3.63, 3.8) is 0 Å². The second kappa shape index (κ2) is 7.30. The largest absolute Gasteiger partial charge is 0.387 e. The average Bonchev–Trinajstić information content (AvgIpc) is 2.48. The van der Waals surface area contributed by atoms with E-state index in [0.717, 1.165) is 36.1 Å². The van der Waals surface area contributed by atoms with Crippen LogP contribution in [0.25, 0.3) is 0 Å². The van der Waals surface area contributed by atoms with E-state index in [1.807, 2.05) is 32.0 Å². The SMILES string of the molecule is Cc1ccc(C)c([C@H](O)CN2CCC[C@@H](N(C)S(C)(=O)=O)C2)c1. The Balaban J connectivity index is 2.03. The molecular formula is C17H28N2O3S. The van der Waals surface area contributed by atoms with E-state index in [-0.39, 0.29) is 6.04 Å². The quantitative estimate of drug-likeness (QED) is 0.886. The molecule has 1 N–H and O–H groups in total. The van der Waals surface area contributed by atoms with Crippen LogP contribution in [0.1, 0.15) is 35.6 Å². The van der Waals surface area contributed by atoms with Gasteiger partial charge in [-0.1, -0.05) is 23.8 Å². The minimum absolute atomic E-state index is 0.00967. The lowest BCUT2D eigenvalue weighted by atomic mass is 9.99. The summed E-state index contributed by atoms with van der Waals surface area (Å²) >= 11 is 0. The van der Waals surface area contributed by atoms with Crippen molar-refractivity contribution in [2.75, 3.05) is 32.9 Å². The first-order valence-corrected chi connectivity index (χ1v) is 9.94. The number of rotatable bonds is 5. The fraction of sp³-hybridized carbons (Fsp3) is 0.647. The van der Waals surface area contributed by atoms with Crippen LogP contribution in [-0.4, -0.2) is 61.7 Å². The van der Waals surface area contributed by atoms with Gasteiger partial charge >= 0.3 is 0 Å². The molecule has 0 radical (unpaired) electrons. The molecule has 0 amide bonds. The maximum atomic E-state index is 11.7. The van der Waals surface area contributed by atoms with Gasteiger partial charge in [-0.05, 0) is 44.4 Å². The molecule has 1 aliphatic rings. The number of aryl methyl sites for hydroxylation is 2. The number of likely N-dealkylation sites (N-methyl/N-ethyl adjacent to an activating group) is 1. The summed E-state index contributed by atoms with van der Waals surface area (Å²) in [5.74, 6) is 0. The normalized spacial score (nSPS) is 21.6. The van der Waals surface area contributed by atoms with E-state index < -0.39 is 16.1 Å². The van der Waals surface area contributed by atoms with E-state index in [2.05, 4.69) is 4.90 Å². The van der Waals surface area contributed by atoms with Crippen molar-refractivity contribution in [3.05, 3.63) is 34.9 Å². The number of benzene rings is 1. The van der Waals surface area contributed by atoms with Gasteiger partial charge in [0.15, 0.2) is 0 Å². The number of hydrogen-bond donors (Lipinski definition) is 1. The van der Waals surface area contributed by atoms with E-state index in [1.54, 1.807) is 7.05 Å². The van der Waals surface area contributed by atoms with Gasteiger partial charge in [0.2, 0.25) is 10.0 Å². The van der Waals surface area contributed by atoms with Gasteiger partial charge in [0.1, 0.15) is 0 Å². The number of β-amino-alcohol motifs (C(OH)–C–C–N with tert-alkyl or cyclic N) is 1. The van der Waals surface area contributed by atoms with Gasteiger partial charge in [0.05, 0.1) is 12.4 Å². The van der Waals surface area contributed by atoms with E-state index >= 15 is 0 Å². The lowest BCUT2D eigenvalue weighted by molar-refractivity contribution is 0.0814. The molecule has 0 aliphatic carbocycles. The fourth-order valence-corrected chi connectivity index (χ4v) is 3.94. The zero-order valence-electron chi connectivity index (χ0n) is 14.5. The number of likely N-dealkylation sites (tertiary alicyclic amines) is 1. The van der Waals surface area contributed by atoms with Gasteiger partial charge in [-0.3, -0.25) is 4.90 Å². The summed E-state index contributed by atoms with van der Waals surface area (Å²) < 4.78 is 24.9. The summed E-state index contributed by atoms with van der Waals surface area (Å²) in [6.45, 7) is 6.14. The predicted octanol–water partition coefficient (Wildman–Crippen LogP) is 1.69. The van der Waals surface area contributed by atoms with Crippen molar-refractivity contribution in [2.45, 2.75) is 38.8 Å². The Bertz CT molecular complexity index is 645. The molecule has 6 heteroatoms. The maximum absolute atomic E-state index is 11.7. The van der Waals surface area contributed by atoms with Gasteiger partial charge in [-0.2, -0.15) is 0 Å². The Labute approximate surface area is 140 Å². The first-order chi connectivity index (χ1) is 10.7. The average molecular weight is 340 g/mol. The van der Waals surface area contributed by atoms with Gasteiger partial charge in [-0.15, -0.1) is 0 Å². The highest BCUT2D eigenvalue weighted by Gasteiger charge is 2.29. The lowest BCUT2D eigenvalue weighted by Crippen LogP contribution is -2.49. The first-order valence-electron chi connectivity index (χ1n) is 8.09. The zero-order chi connectivity index (χ0) is 17.2. The molecule has 0 saturated carbocycles. The van der Waals surface area contributed by atoms with Gasteiger partial charge < -0.3 is 5.11 Å². The van der Waals surface area contributed by atoms with Crippen LogP contribution in [0.15, 0.2) is 18.2 Å². The zero-order valence-corrected chi connectivity index (χ0v) is 15.3. The topological polar surface area (TPSA) is 60.9 Å². The third-order valence-corrected chi connectivity index (χ3v) is 6.09. The van der Waals surface area contributed by atoms with Crippen molar-refractivity contribution in [1.82, 2.24) is 9.21 Å². The molecule has 130 valence electrons. The van der Waals surface area contributed by atoms with E-state index in [9.17, 15) is 13.5 Å². The summed E-state index contributed by atoms with van der Waals surface area (Å²) in [4.78, 5) is 2.17. The van der Waals surface area contributed by atoms with Crippen LogP contribution in [0.2, 0.25) is 0 Å². The monoisotopic (exact) mass is 340 g/mol. The highest BCUT2D eigenvalue weighted by molar-refractivity contribution is 7.88. The molecule has 1 fully saturated rings. The van der Waals surface area contributed by atoms with Gasteiger partial charge in [0.25, 0.3) is 0 Å². The molecule has 0 spiro atoms. The Morgan fingerprint density at radius 1 is 1.39 bits per heavy atom. The number of aliphatic hydroxyl groups is 1. The molecule has 1 heterocycles. The molecule has 2 rings (SSSR count). The van der Waals surface area contributed by atoms with Crippen LogP contribution in [0.4, 0.5) is 0 Å². The Morgan fingerprint density at radius 3 is 2.74 bits per heavy atom. The molecule has 2 atom stereocenters. The first kappa shape index (κ1) is 18.4. The number of hydrogen-bond acceptors (Lipinski definition) is 4. The van der Waals surface area contributed by atoms with Gasteiger partial charge in [-0.25, -0.2) is 12.7 Å². The van der Waals surface area contributed by atoms with Crippen LogP contribution in [0.3, 0.4) is 0 Å². The molecule has 5 nitrogen and oxygen atoms in total. The minimum Gasteiger partial charge on any atom is -0.387 e. The van der Waals surface area contributed by atoms with Crippen molar-refractivity contribution in [3.8, 4) is 0 Å². The number of sulfonamides is 1. The third-order valence-electron chi connectivity index (χ3n) is 4.74. The lowest BCUT2D eigenvalue weighted by Gasteiger charge is -2.37. The highest BCUT2D eigenvalue weighted by atomic mass is 32.2. The van der Waals surface area contributed by atoms with E-state index in [1.165, 1.54) is 10.6 Å². The van der Waals surface area contributed by atoms with E-state index in [4.69, 9.17) is 0 Å². The summed E-state index contributed by atoms with van der Waals surface area (Å²) in [6, 6.07) is 6.10. The molecule has 1 aliphatic heterocycles. The number of nitrogens with zero attached hydrogens (tertiary/aromatic N) is 2. The molecule has 0 unspecified atom stereocenters. The van der Waals surface area contributed by atoms with Crippen LogP contribution in [0.5, 0.6) is 0 Å². The van der Waals surface area contributed by atoms with E-state index in [0.29, 0.717) is 13.1 Å². The Morgan fingerprint density at radius 2 is 2.09 bits per heavy atom. The fourth-order valence-electron chi connectivity index (χ4n) is 3.23. The number of piperidine rings is 1. The standard InChI is InChI=1S/C17H28N2O3S/c1-13-7-8-14(2)16(10-13)17(20)12-19-9-5-6-15(11-19)18(3)23(4,21)22/h7-8,10,15,17,20H,5-6,9,11-12H2,1-4H3/t15-,17-/m1/s1. The van der Waals surface area contributed by atoms with Crippen molar-refractivity contribution >= 4 is 10.0 Å². The smallest absolute Gasteiger partial charge is 0.211 e. The molecule has 0 aromatic heterocycles. The van der Waals surface area contributed by atoms with Gasteiger partial charge in [0, 0.05) is 26.2 Å². The molecule has 0 bridgehead atoms. The van der Waals surface area contributed by atoms with Crippen LogP contribution in [-0.2, 0) is 10.0 Å². The Kier molecular flexibility index (Phi) is 5.84. The maximum Gasteiger partial charge on any atom is 0.211 e. The highest BCUT2D eigenvalue weighted by Crippen LogP contribution is 2.23. The van der Waals surface area contributed by atoms with Crippen molar-refractivity contribution in [2.24, 2.45) is 0 Å². The van der Waals surface area contributed by atoms with Crippen LogP contribution in [0, 0.1) is 13.8 Å². The van der Waals surface area contributed by atoms with Crippen molar-refractivity contribution in [1.29, 1.82) is 0 Å². The Hall–Kier alpha value is -0.950. The van der Waals surface area contributed by atoms with Crippen LogP contribution >= 0.6 is 0 Å². The molecule has 1 aromatic carbocycles. The predicted molar refractivity (Wildman–Crippen MR) is 92.9 cm³/mol. The van der Waals surface area contributed by atoms with Crippen molar-refractivity contribution < 1.29 is 13.5 Å². The molecule has 23 heavy (non-hydrogen) atoms. The second-order valence-corrected chi connectivity index (χ2v) is 8.75. The molecule has 1 saturated heterocycles. The third kappa shape index (κ3) is 4.76. The molecular weight excluding hydrogens is 312 g/mol. The summed E-state index contributed by atoms with van der Waals surface area (Å²) in [5.41, 5.74) is 3.19. The molecule has 1 aromatic rings. The minimum atomic E-state index is -3.17. The summed E-state index contributed by atoms with van der Waals surface area (Å²) in [6.07, 6.45) is 2.53. The summed E-state index contributed by atoms with van der Waals surface area (Å²) in [5, 5.41) is 10.6. The summed E-state index contributed by atoms with van der Waals surface area (Å²) in [7, 11) is -1.53.